The molecule has 0 fully saturated rings. The predicted molar refractivity (Wildman–Crippen MR) is 85.3 cm³/mol. The molecular formula is C17H11F2N3O2. The van der Waals surface area contributed by atoms with E-state index >= 15 is 0 Å². The number of anilines is 2. The van der Waals surface area contributed by atoms with Gasteiger partial charge in [-0.05, 0) is 18.2 Å². The minimum absolute atomic E-state index is 0.0420. The van der Waals surface area contributed by atoms with E-state index in [0.717, 1.165) is 6.07 Å². The number of phenols is 1. The van der Waals surface area contributed by atoms with E-state index in [9.17, 15) is 13.9 Å². The van der Waals surface area contributed by atoms with Crippen LogP contribution in [-0.2, 0) is 0 Å². The maximum atomic E-state index is 14.3. The van der Waals surface area contributed by atoms with Gasteiger partial charge in [0.05, 0.1) is 23.9 Å². The molecule has 0 spiro atoms. The van der Waals surface area contributed by atoms with Crippen molar-refractivity contribution < 1.29 is 18.6 Å². The summed E-state index contributed by atoms with van der Waals surface area (Å²) >= 11 is 0. The van der Waals surface area contributed by atoms with Gasteiger partial charge in [0.2, 0.25) is 0 Å². The molecule has 0 radical (unpaired) electrons. The second-order valence-corrected chi connectivity index (χ2v) is 4.82. The zero-order valence-corrected chi connectivity index (χ0v) is 12.5. The van der Waals surface area contributed by atoms with Crippen molar-refractivity contribution in [2.75, 3.05) is 12.4 Å². The lowest BCUT2D eigenvalue weighted by Crippen LogP contribution is -2.01. The number of aromatic hydroxyl groups is 1. The third-order valence-corrected chi connectivity index (χ3v) is 3.42. The average molecular weight is 327 g/mol. The van der Waals surface area contributed by atoms with Crippen LogP contribution in [0.1, 0.15) is 5.56 Å². The van der Waals surface area contributed by atoms with Crippen LogP contribution in [0, 0.1) is 24.0 Å². The van der Waals surface area contributed by atoms with Gasteiger partial charge in [-0.1, -0.05) is 5.92 Å². The van der Waals surface area contributed by atoms with Crippen molar-refractivity contribution in [2.45, 2.75) is 0 Å². The highest BCUT2D eigenvalue weighted by Crippen LogP contribution is 2.34. The molecule has 2 N–H and O–H groups in total. The number of phenolic OH excluding ortho intramolecular Hbond substituents is 1. The van der Waals surface area contributed by atoms with Gasteiger partial charge in [-0.3, -0.25) is 0 Å². The maximum absolute atomic E-state index is 14.3. The second kappa shape index (κ2) is 6.01. The molecule has 5 nitrogen and oxygen atoms in total. The monoisotopic (exact) mass is 327 g/mol. The lowest BCUT2D eigenvalue weighted by Gasteiger charge is -2.11. The molecule has 0 aliphatic heterocycles. The summed E-state index contributed by atoms with van der Waals surface area (Å²) in [5.74, 6) is 0.602. The Kier molecular flexibility index (Phi) is 3.88. The third kappa shape index (κ3) is 2.54. The van der Waals surface area contributed by atoms with Crippen LogP contribution in [0.2, 0.25) is 0 Å². The number of rotatable bonds is 3. The standard InChI is InChI=1S/C17H11F2N3O2/c1-3-9-11(18)4-5-12(16(9)19)22-17-10-6-14(23)15(24-2)7-13(10)20-8-21-17/h1,4-8,23H,2H3,(H,20,21,22). The number of halogens is 2. The molecule has 7 heteroatoms. The van der Waals surface area contributed by atoms with E-state index in [-0.39, 0.29) is 23.0 Å². The molecular weight excluding hydrogens is 316 g/mol. The second-order valence-electron chi connectivity index (χ2n) is 4.82. The van der Waals surface area contributed by atoms with Crippen LogP contribution in [0.4, 0.5) is 20.3 Å². The van der Waals surface area contributed by atoms with Crippen LogP contribution >= 0.6 is 0 Å². The highest BCUT2D eigenvalue weighted by atomic mass is 19.1. The van der Waals surface area contributed by atoms with E-state index in [1.165, 1.54) is 31.6 Å². The third-order valence-electron chi connectivity index (χ3n) is 3.42. The molecule has 0 bridgehead atoms. The number of benzene rings is 2. The van der Waals surface area contributed by atoms with Gasteiger partial charge in [0.25, 0.3) is 0 Å². The lowest BCUT2D eigenvalue weighted by atomic mass is 10.1. The van der Waals surface area contributed by atoms with Gasteiger partial charge in [0, 0.05) is 11.5 Å². The lowest BCUT2D eigenvalue weighted by molar-refractivity contribution is 0.374. The molecule has 0 atom stereocenters. The van der Waals surface area contributed by atoms with Gasteiger partial charge in [-0.25, -0.2) is 18.7 Å². The zero-order valence-electron chi connectivity index (χ0n) is 12.5. The Balaban J connectivity index is 2.12. The Morgan fingerprint density at radius 2 is 2.04 bits per heavy atom. The van der Waals surface area contributed by atoms with Crippen molar-refractivity contribution in [1.29, 1.82) is 0 Å². The normalized spacial score (nSPS) is 10.4. The Morgan fingerprint density at radius 3 is 2.75 bits per heavy atom. The van der Waals surface area contributed by atoms with E-state index < -0.39 is 17.2 Å². The molecule has 1 heterocycles. The summed E-state index contributed by atoms with van der Waals surface area (Å²) in [5, 5.41) is 13.1. The number of nitrogens with zero attached hydrogens (tertiary/aromatic N) is 2. The van der Waals surface area contributed by atoms with Crippen LogP contribution < -0.4 is 10.1 Å². The van der Waals surface area contributed by atoms with Crippen LogP contribution in [-0.4, -0.2) is 22.2 Å². The number of hydrogen-bond donors (Lipinski definition) is 2. The van der Waals surface area contributed by atoms with Crippen molar-refractivity contribution in [1.82, 2.24) is 9.97 Å². The summed E-state index contributed by atoms with van der Waals surface area (Å²) in [7, 11) is 1.41. The Bertz CT molecular complexity index is 984. The first kappa shape index (κ1) is 15.5. The molecule has 1 aromatic heterocycles. The number of aromatic nitrogens is 2. The molecule has 120 valence electrons. The Morgan fingerprint density at radius 1 is 1.25 bits per heavy atom. The fourth-order valence-corrected chi connectivity index (χ4v) is 2.24. The topological polar surface area (TPSA) is 67.3 Å². The molecule has 24 heavy (non-hydrogen) atoms. The quantitative estimate of drug-likeness (QED) is 0.722. The summed E-state index contributed by atoms with van der Waals surface area (Å²) in [6.45, 7) is 0. The number of hydrogen-bond acceptors (Lipinski definition) is 5. The van der Waals surface area contributed by atoms with E-state index in [0.29, 0.717) is 10.9 Å². The highest BCUT2D eigenvalue weighted by molar-refractivity contribution is 5.93. The predicted octanol–water partition coefficient (Wildman–Crippen LogP) is 3.35. The van der Waals surface area contributed by atoms with Crippen molar-refractivity contribution in [3.63, 3.8) is 0 Å². The fraction of sp³-hybridized carbons (Fsp3) is 0.0588. The minimum Gasteiger partial charge on any atom is -0.504 e. The van der Waals surface area contributed by atoms with Crippen molar-refractivity contribution >= 4 is 22.4 Å². The van der Waals surface area contributed by atoms with Crippen molar-refractivity contribution in [3.05, 3.63) is 47.8 Å². The molecule has 2 aromatic carbocycles. The first-order chi connectivity index (χ1) is 11.5. The van der Waals surface area contributed by atoms with E-state index in [4.69, 9.17) is 11.2 Å². The van der Waals surface area contributed by atoms with Gasteiger partial charge in [0.15, 0.2) is 17.3 Å². The van der Waals surface area contributed by atoms with Gasteiger partial charge < -0.3 is 15.2 Å². The molecule has 0 amide bonds. The molecule has 3 rings (SSSR count). The smallest absolute Gasteiger partial charge is 0.165 e. The van der Waals surface area contributed by atoms with E-state index in [2.05, 4.69) is 15.3 Å². The van der Waals surface area contributed by atoms with Crippen LogP contribution in [0.3, 0.4) is 0 Å². The van der Waals surface area contributed by atoms with Crippen molar-refractivity contribution in [2.24, 2.45) is 0 Å². The van der Waals surface area contributed by atoms with Gasteiger partial charge in [0.1, 0.15) is 18.0 Å². The molecule has 0 saturated carbocycles. The van der Waals surface area contributed by atoms with E-state index in [1.54, 1.807) is 0 Å². The summed E-state index contributed by atoms with van der Waals surface area (Å²) in [4.78, 5) is 8.11. The zero-order chi connectivity index (χ0) is 17.3. The number of methoxy groups -OCH3 is 1. The Labute approximate surface area is 135 Å². The number of nitrogens with one attached hydrogen (secondary N) is 1. The van der Waals surface area contributed by atoms with Crippen LogP contribution in [0.15, 0.2) is 30.6 Å². The van der Waals surface area contributed by atoms with Gasteiger partial charge in [-0.15, -0.1) is 6.42 Å². The van der Waals surface area contributed by atoms with Crippen LogP contribution in [0.25, 0.3) is 10.9 Å². The van der Waals surface area contributed by atoms with Gasteiger partial charge >= 0.3 is 0 Å². The summed E-state index contributed by atoms with van der Waals surface area (Å²) in [5.41, 5.74) is -0.0376. The summed E-state index contributed by atoms with van der Waals surface area (Å²) in [6, 6.07) is 5.18. The summed E-state index contributed by atoms with van der Waals surface area (Å²) in [6.07, 6.45) is 6.39. The van der Waals surface area contributed by atoms with Crippen molar-refractivity contribution in [3.8, 4) is 23.8 Å². The van der Waals surface area contributed by atoms with Crippen LogP contribution in [0.5, 0.6) is 11.5 Å². The minimum atomic E-state index is -0.901. The number of fused-ring (bicyclic) bond motifs is 1. The number of terminal acetylenes is 1. The average Bonchev–Trinajstić information content (AvgIpc) is 2.58. The molecule has 0 unspecified atom stereocenters. The van der Waals surface area contributed by atoms with E-state index in [1.807, 2.05) is 5.92 Å². The molecule has 0 aliphatic rings. The highest BCUT2D eigenvalue weighted by Gasteiger charge is 2.15. The largest absolute Gasteiger partial charge is 0.504 e. The SMILES string of the molecule is C#Cc1c(F)ccc(Nc2ncnc3cc(OC)c(O)cc23)c1F. The fourth-order valence-electron chi connectivity index (χ4n) is 2.24. The maximum Gasteiger partial charge on any atom is 0.165 e. The molecule has 3 aromatic rings. The number of ether oxygens (including phenoxy) is 1. The van der Waals surface area contributed by atoms with Gasteiger partial charge in [-0.2, -0.15) is 0 Å². The molecule has 0 aliphatic carbocycles. The first-order valence-corrected chi connectivity index (χ1v) is 6.78. The Hall–Kier alpha value is -3.40. The molecule has 0 saturated heterocycles. The summed E-state index contributed by atoms with van der Waals surface area (Å²) < 4.78 is 32.8. The first-order valence-electron chi connectivity index (χ1n) is 6.78.